The minimum atomic E-state index is -0.697. The molecular formula is C24H21NO6. The smallest absolute Gasteiger partial charge is 0.312 e. The van der Waals surface area contributed by atoms with Crippen molar-refractivity contribution in [1.82, 2.24) is 4.98 Å². The van der Waals surface area contributed by atoms with Gasteiger partial charge in [-0.15, -0.1) is 0 Å². The standard InChI is InChI=1S/C24H21NO6/c1-24(2)11-18(26)14-6-7-19-21(22(14)31-24)15(10-20(27)30-19)16-8-12-4-5-13(29-3)9-17(12)25-23(16)28/h4-9,15H,10-11H2,1-3H3,(H,25,28)/t15-/m0/s1. The van der Waals surface area contributed by atoms with Crippen molar-refractivity contribution in [3.05, 3.63) is 63.4 Å². The van der Waals surface area contributed by atoms with Gasteiger partial charge in [-0.3, -0.25) is 14.4 Å². The van der Waals surface area contributed by atoms with Crippen LogP contribution in [-0.4, -0.2) is 29.4 Å². The molecule has 1 atom stereocenters. The number of nitrogens with one attached hydrogen (secondary N) is 1. The molecule has 2 aliphatic rings. The Morgan fingerprint density at radius 2 is 1.90 bits per heavy atom. The predicted molar refractivity (Wildman–Crippen MR) is 113 cm³/mol. The summed E-state index contributed by atoms with van der Waals surface area (Å²) in [5.41, 5.74) is 1.06. The lowest BCUT2D eigenvalue weighted by Crippen LogP contribution is -2.37. The zero-order valence-electron chi connectivity index (χ0n) is 17.4. The van der Waals surface area contributed by atoms with Crippen molar-refractivity contribution in [3.8, 4) is 17.2 Å². The van der Waals surface area contributed by atoms with Crippen molar-refractivity contribution < 1.29 is 23.8 Å². The van der Waals surface area contributed by atoms with Crippen molar-refractivity contribution in [1.29, 1.82) is 0 Å². The first-order valence-electron chi connectivity index (χ1n) is 10.1. The van der Waals surface area contributed by atoms with E-state index in [1.54, 1.807) is 37.4 Å². The Labute approximate surface area is 177 Å². The van der Waals surface area contributed by atoms with E-state index in [-0.39, 0.29) is 24.2 Å². The molecule has 2 aromatic carbocycles. The summed E-state index contributed by atoms with van der Waals surface area (Å²) in [6.45, 7) is 3.68. The highest BCUT2D eigenvalue weighted by Crippen LogP contribution is 2.48. The first kappa shape index (κ1) is 19.4. The summed E-state index contributed by atoms with van der Waals surface area (Å²) in [5.74, 6) is 0.274. The predicted octanol–water partition coefficient (Wildman–Crippen LogP) is 3.72. The van der Waals surface area contributed by atoms with Gasteiger partial charge in [0, 0.05) is 23.1 Å². The van der Waals surface area contributed by atoms with Crippen molar-refractivity contribution in [2.75, 3.05) is 7.11 Å². The third kappa shape index (κ3) is 3.17. The van der Waals surface area contributed by atoms with Gasteiger partial charge in [0.1, 0.15) is 22.8 Å². The number of hydrogen-bond acceptors (Lipinski definition) is 6. The zero-order chi connectivity index (χ0) is 21.9. The SMILES string of the molecule is COc1ccc2cc([C@@H]3CC(=O)Oc4ccc5c(c43)OC(C)(C)CC5=O)c(=O)[nH]c2c1. The number of benzene rings is 2. The molecule has 0 unspecified atom stereocenters. The Kier molecular flexibility index (Phi) is 4.18. The van der Waals surface area contributed by atoms with Gasteiger partial charge in [-0.1, -0.05) is 0 Å². The van der Waals surface area contributed by atoms with Crippen LogP contribution >= 0.6 is 0 Å². The molecule has 3 heterocycles. The first-order valence-corrected chi connectivity index (χ1v) is 10.1. The molecule has 1 N–H and O–H groups in total. The van der Waals surface area contributed by atoms with Crippen LogP contribution in [0.15, 0.2) is 41.2 Å². The maximum atomic E-state index is 13.1. The number of rotatable bonds is 2. The summed E-state index contributed by atoms with van der Waals surface area (Å²) in [4.78, 5) is 41.0. The summed E-state index contributed by atoms with van der Waals surface area (Å²) in [6.07, 6.45) is 0.230. The molecule has 0 amide bonds. The van der Waals surface area contributed by atoms with E-state index in [2.05, 4.69) is 4.98 Å². The number of carbonyl (C=O) groups is 2. The van der Waals surface area contributed by atoms with Crippen LogP contribution in [0.4, 0.5) is 0 Å². The minimum Gasteiger partial charge on any atom is -0.497 e. The monoisotopic (exact) mass is 419 g/mol. The average Bonchev–Trinajstić information content (AvgIpc) is 2.71. The molecular weight excluding hydrogens is 398 g/mol. The third-order valence-corrected chi connectivity index (χ3v) is 5.82. The van der Waals surface area contributed by atoms with Gasteiger partial charge >= 0.3 is 5.97 Å². The highest BCUT2D eigenvalue weighted by atomic mass is 16.5. The number of aromatic nitrogens is 1. The fourth-order valence-corrected chi connectivity index (χ4v) is 4.41. The number of pyridine rings is 1. The Bertz CT molecular complexity index is 1320. The van der Waals surface area contributed by atoms with Gasteiger partial charge in [0.2, 0.25) is 0 Å². The second-order valence-corrected chi connectivity index (χ2v) is 8.55. The molecule has 0 fully saturated rings. The fourth-order valence-electron chi connectivity index (χ4n) is 4.41. The van der Waals surface area contributed by atoms with E-state index in [0.717, 1.165) is 5.39 Å². The van der Waals surface area contributed by atoms with Crippen LogP contribution < -0.4 is 19.8 Å². The van der Waals surface area contributed by atoms with E-state index in [4.69, 9.17) is 14.2 Å². The fraction of sp³-hybridized carbons (Fsp3) is 0.292. The molecule has 158 valence electrons. The molecule has 31 heavy (non-hydrogen) atoms. The number of ether oxygens (including phenoxy) is 3. The number of aromatic amines is 1. The van der Waals surface area contributed by atoms with Gasteiger partial charge < -0.3 is 19.2 Å². The topological polar surface area (TPSA) is 94.7 Å². The summed E-state index contributed by atoms with van der Waals surface area (Å²) >= 11 is 0. The van der Waals surface area contributed by atoms with Crippen LogP contribution in [0.25, 0.3) is 10.9 Å². The van der Waals surface area contributed by atoms with Gasteiger partial charge in [0.15, 0.2) is 5.78 Å². The molecule has 0 aliphatic carbocycles. The number of methoxy groups -OCH3 is 1. The Hall–Kier alpha value is -3.61. The van der Waals surface area contributed by atoms with Crippen molar-refractivity contribution in [2.45, 2.75) is 38.2 Å². The van der Waals surface area contributed by atoms with E-state index < -0.39 is 17.5 Å². The van der Waals surface area contributed by atoms with Gasteiger partial charge in [0.25, 0.3) is 5.56 Å². The third-order valence-electron chi connectivity index (χ3n) is 5.82. The zero-order valence-corrected chi connectivity index (χ0v) is 17.4. The summed E-state index contributed by atoms with van der Waals surface area (Å²) < 4.78 is 16.9. The lowest BCUT2D eigenvalue weighted by molar-refractivity contribution is -0.135. The number of esters is 1. The maximum absolute atomic E-state index is 13.1. The molecule has 0 radical (unpaired) electrons. The number of hydrogen-bond donors (Lipinski definition) is 1. The highest BCUT2D eigenvalue weighted by molar-refractivity contribution is 6.01. The van der Waals surface area contributed by atoms with Gasteiger partial charge in [-0.2, -0.15) is 0 Å². The number of ketones is 1. The second kappa shape index (κ2) is 6.70. The largest absolute Gasteiger partial charge is 0.497 e. The quantitative estimate of drug-likeness (QED) is 0.503. The number of fused-ring (bicyclic) bond motifs is 4. The molecule has 0 saturated heterocycles. The van der Waals surface area contributed by atoms with Crippen LogP contribution in [0.2, 0.25) is 0 Å². The van der Waals surface area contributed by atoms with E-state index >= 15 is 0 Å². The minimum absolute atomic E-state index is 0.0217. The molecule has 3 aromatic rings. The average molecular weight is 419 g/mol. The number of H-pyrrole nitrogens is 1. The Balaban J connectivity index is 1.73. The van der Waals surface area contributed by atoms with E-state index in [1.165, 1.54) is 0 Å². The summed E-state index contributed by atoms with van der Waals surface area (Å²) in [5, 5.41) is 0.804. The molecule has 7 nitrogen and oxygen atoms in total. The molecule has 0 spiro atoms. The van der Waals surface area contributed by atoms with E-state index in [1.807, 2.05) is 19.9 Å². The second-order valence-electron chi connectivity index (χ2n) is 8.55. The normalized spacial score (nSPS) is 19.3. The molecule has 7 heteroatoms. The number of carbonyl (C=O) groups excluding carboxylic acids is 2. The molecule has 2 aliphatic heterocycles. The van der Waals surface area contributed by atoms with Crippen LogP contribution in [0.1, 0.15) is 54.1 Å². The maximum Gasteiger partial charge on any atom is 0.312 e. The van der Waals surface area contributed by atoms with E-state index in [9.17, 15) is 14.4 Å². The lowest BCUT2D eigenvalue weighted by Gasteiger charge is -2.36. The van der Waals surface area contributed by atoms with Crippen molar-refractivity contribution in [2.24, 2.45) is 0 Å². The molecule has 5 rings (SSSR count). The molecule has 0 bridgehead atoms. The summed E-state index contributed by atoms with van der Waals surface area (Å²) in [6, 6.07) is 10.4. The lowest BCUT2D eigenvalue weighted by atomic mass is 9.82. The van der Waals surface area contributed by atoms with Gasteiger partial charge in [0.05, 0.1) is 31.0 Å². The number of Topliss-reactive ketones (excluding diaryl/α,β-unsaturated/α-hetero) is 1. The van der Waals surface area contributed by atoms with Gasteiger partial charge in [-0.25, -0.2) is 0 Å². The van der Waals surface area contributed by atoms with E-state index in [0.29, 0.717) is 39.5 Å². The van der Waals surface area contributed by atoms with Crippen LogP contribution in [0, 0.1) is 0 Å². The summed E-state index contributed by atoms with van der Waals surface area (Å²) in [7, 11) is 1.56. The Morgan fingerprint density at radius 3 is 2.68 bits per heavy atom. The van der Waals surface area contributed by atoms with Crippen LogP contribution in [-0.2, 0) is 4.79 Å². The highest BCUT2D eigenvalue weighted by Gasteiger charge is 2.40. The van der Waals surface area contributed by atoms with Crippen molar-refractivity contribution in [3.63, 3.8) is 0 Å². The Morgan fingerprint density at radius 1 is 1.10 bits per heavy atom. The molecule has 1 aromatic heterocycles. The molecule has 0 saturated carbocycles. The van der Waals surface area contributed by atoms with Gasteiger partial charge in [-0.05, 0) is 49.6 Å². The van der Waals surface area contributed by atoms with Crippen LogP contribution in [0.5, 0.6) is 17.2 Å². The first-order chi connectivity index (χ1) is 14.8. The van der Waals surface area contributed by atoms with Crippen molar-refractivity contribution >= 4 is 22.7 Å². The van der Waals surface area contributed by atoms with Crippen LogP contribution in [0.3, 0.4) is 0 Å².